The molecule has 3 rings (SSSR count). The van der Waals surface area contributed by atoms with Gasteiger partial charge in [-0.1, -0.05) is 19.1 Å². The fraction of sp³-hybridized carbons (Fsp3) is 0.409. The Morgan fingerprint density at radius 2 is 1.97 bits per heavy atom. The van der Waals surface area contributed by atoms with Crippen LogP contribution in [0.3, 0.4) is 0 Å². The Morgan fingerprint density at radius 1 is 1.21 bits per heavy atom. The Hall–Kier alpha value is -2.67. The van der Waals surface area contributed by atoms with Crippen molar-refractivity contribution in [3.05, 3.63) is 53.6 Å². The minimum absolute atomic E-state index is 0.0732. The molecule has 1 fully saturated rings. The first-order valence-corrected chi connectivity index (χ1v) is 9.70. The van der Waals surface area contributed by atoms with Gasteiger partial charge in [0.1, 0.15) is 0 Å². The van der Waals surface area contributed by atoms with Gasteiger partial charge < -0.3 is 14.8 Å². The van der Waals surface area contributed by atoms with Gasteiger partial charge in [-0.15, -0.1) is 0 Å². The zero-order chi connectivity index (χ0) is 20.8. The molecule has 0 spiro atoms. The Labute approximate surface area is 169 Å². The van der Waals surface area contributed by atoms with Crippen LogP contribution in [0.5, 0.6) is 11.5 Å². The van der Waals surface area contributed by atoms with E-state index in [4.69, 9.17) is 4.74 Å². The molecule has 2 aromatic rings. The van der Waals surface area contributed by atoms with Gasteiger partial charge in [0.05, 0.1) is 7.11 Å². The number of halogens is 2. The second-order valence-electron chi connectivity index (χ2n) is 7.38. The quantitative estimate of drug-likeness (QED) is 0.722. The molecule has 5 nitrogen and oxygen atoms in total. The van der Waals surface area contributed by atoms with Crippen molar-refractivity contribution in [2.75, 3.05) is 25.5 Å². The monoisotopic (exact) mass is 404 g/mol. The Morgan fingerprint density at radius 3 is 2.62 bits per heavy atom. The van der Waals surface area contributed by atoms with Gasteiger partial charge in [0.2, 0.25) is 0 Å². The summed E-state index contributed by atoms with van der Waals surface area (Å²) in [5.41, 5.74) is 2.15. The van der Waals surface area contributed by atoms with Gasteiger partial charge in [0.15, 0.2) is 11.5 Å². The molecule has 29 heavy (non-hydrogen) atoms. The topological polar surface area (TPSA) is 50.8 Å². The number of likely N-dealkylation sites (tertiary alicyclic amines) is 1. The molecule has 2 aromatic carbocycles. The third-order valence-corrected chi connectivity index (χ3v) is 5.00. The smallest absolute Gasteiger partial charge is 0.387 e. The van der Waals surface area contributed by atoms with Gasteiger partial charge in [0.25, 0.3) is 5.91 Å². The van der Waals surface area contributed by atoms with E-state index in [-0.39, 0.29) is 23.0 Å². The highest BCUT2D eigenvalue weighted by Crippen LogP contribution is 2.29. The Bertz CT molecular complexity index is 827. The van der Waals surface area contributed by atoms with E-state index in [1.807, 2.05) is 24.3 Å². The zero-order valence-electron chi connectivity index (χ0n) is 16.7. The highest BCUT2D eigenvalue weighted by molar-refractivity contribution is 6.04. The second-order valence-corrected chi connectivity index (χ2v) is 7.38. The molecule has 7 heteroatoms. The molecule has 1 unspecified atom stereocenters. The molecule has 156 valence electrons. The maximum absolute atomic E-state index is 12.5. The lowest BCUT2D eigenvalue weighted by Gasteiger charge is -2.30. The predicted molar refractivity (Wildman–Crippen MR) is 108 cm³/mol. The van der Waals surface area contributed by atoms with Crippen molar-refractivity contribution in [2.24, 2.45) is 5.92 Å². The van der Waals surface area contributed by atoms with E-state index in [0.29, 0.717) is 5.69 Å². The number of amides is 1. The van der Waals surface area contributed by atoms with Crippen LogP contribution in [0, 0.1) is 5.92 Å². The lowest BCUT2D eigenvalue weighted by atomic mass is 10.00. The molecule has 0 aromatic heterocycles. The van der Waals surface area contributed by atoms with E-state index in [0.717, 1.165) is 25.6 Å². The van der Waals surface area contributed by atoms with Crippen LogP contribution in [0.25, 0.3) is 0 Å². The van der Waals surface area contributed by atoms with Crippen LogP contribution in [-0.4, -0.2) is 37.6 Å². The first-order chi connectivity index (χ1) is 13.9. The fourth-order valence-electron chi connectivity index (χ4n) is 3.59. The number of nitrogens with one attached hydrogen (secondary N) is 1. The number of ether oxygens (including phenoxy) is 2. The third kappa shape index (κ3) is 5.90. The predicted octanol–water partition coefficient (Wildman–Crippen LogP) is 4.78. The van der Waals surface area contributed by atoms with Crippen LogP contribution in [0.4, 0.5) is 14.5 Å². The SMILES string of the molecule is COc1cc(C(=O)Nc2ccc(CN3CCCC(C)C3)cc2)ccc1OC(F)F. The van der Waals surface area contributed by atoms with E-state index in [1.54, 1.807) is 0 Å². The molecule has 0 aliphatic carbocycles. The average Bonchev–Trinajstić information content (AvgIpc) is 2.69. The largest absolute Gasteiger partial charge is 0.493 e. The van der Waals surface area contributed by atoms with Crippen LogP contribution in [0.15, 0.2) is 42.5 Å². The summed E-state index contributed by atoms with van der Waals surface area (Å²) in [5, 5.41) is 2.81. The Balaban J connectivity index is 1.61. The number of nitrogens with zero attached hydrogens (tertiary/aromatic N) is 1. The number of hydrogen-bond donors (Lipinski definition) is 1. The summed E-state index contributed by atoms with van der Waals surface area (Å²) >= 11 is 0. The number of hydrogen-bond acceptors (Lipinski definition) is 4. The van der Waals surface area contributed by atoms with Crippen molar-refractivity contribution in [1.82, 2.24) is 4.90 Å². The molecule has 1 saturated heterocycles. The lowest BCUT2D eigenvalue weighted by Crippen LogP contribution is -2.33. The minimum atomic E-state index is -2.96. The standard InChI is InChI=1S/C22H26F2N2O3/c1-15-4-3-11-26(13-15)14-16-5-8-18(9-6-16)25-21(27)17-7-10-19(29-22(23)24)20(12-17)28-2/h5-10,12,15,22H,3-4,11,13-14H2,1-2H3,(H,25,27). The lowest BCUT2D eigenvalue weighted by molar-refractivity contribution is -0.0512. The summed E-state index contributed by atoms with van der Waals surface area (Å²) in [6.07, 6.45) is 2.53. The molecule has 1 aliphatic heterocycles. The van der Waals surface area contributed by atoms with E-state index in [2.05, 4.69) is 21.9 Å². The van der Waals surface area contributed by atoms with Gasteiger partial charge in [-0.05, 0) is 61.2 Å². The number of rotatable bonds is 7. The van der Waals surface area contributed by atoms with Crippen LogP contribution >= 0.6 is 0 Å². The van der Waals surface area contributed by atoms with Gasteiger partial charge in [-0.25, -0.2) is 0 Å². The zero-order valence-corrected chi connectivity index (χ0v) is 16.7. The molecular formula is C22H26F2N2O3. The van der Waals surface area contributed by atoms with E-state index >= 15 is 0 Å². The first kappa shape index (κ1) is 21.0. The van der Waals surface area contributed by atoms with Crippen molar-refractivity contribution in [3.63, 3.8) is 0 Å². The average molecular weight is 404 g/mol. The van der Waals surface area contributed by atoms with Crippen molar-refractivity contribution in [2.45, 2.75) is 32.9 Å². The maximum atomic E-state index is 12.5. The molecule has 0 saturated carbocycles. The highest BCUT2D eigenvalue weighted by atomic mass is 19.3. The molecule has 1 atom stereocenters. The second kappa shape index (κ2) is 9.69. The summed E-state index contributed by atoms with van der Waals surface area (Å²) in [7, 11) is 1.33. The molecule has 1 amide bonds. The van der Waals surface area contributed by atoms with Crippen LogP contribution in [-0.2, 0) is 6.54 Å². The minimum Gasteiger partial charge on any atom is -0.493 e. The maximum Gasteiger partial charge on any atom is 0.387 e. The molecule has 1 heterocycles. The number of alkyl halides is 2. The van der Waals surface area contributed by atoms with Crippen molar-refractivity contribution in [1.29, 1.82) is 0 Å². The van der Waals surface area contributed by atoms with Crippen LogP contribution in [0.1, 0.15) is 35.7 Å². The van der Waals surface area contributed by atoms with Gasteiger partial charge >= 0.3 is 6.61 Å². The molecule has 0 bridgehead atoms. The summed E-state index contributed by atoms with van der Waals surface area (Å²) in [4.78, 5) is 14.9. The molecular weight excluding hydrogens is 378 g/mol. The normalized spacial score (nSPS) is 17.2. The van der Waals surface area contributed by atoms with E-state index in [9.17, 15) is 13.6 Å². The van der Waals surface area contributed by atoms with Gasteiger partial charge in [-0.2, -0.15) is 8.78 Å². The Kier molecular flexibility index (Phi) is 7.04. The number of anilines is 1. The molecule has 1 aliphatic rings. The summed E-state index contributed by atoms with van der Waals surface area (Å²) in [6.45, 7) is 2.46. The number of benzene rings is 2. The van der Waals surface area contributed by atoms with Crippen molar-refractivity contribution in [3.8, 4) is 11.5 Å². The van der Waals surface area contributed by atoms with Gasteiger partial charge in [-0.3, -0.25) is 9.69 Å². The van der Waals surface area contributed by atoms with E-state index in [1.165, 1.54) is 43.7 Å². The summed E-state index contributed by atoms with van der Waals surface area (Å²) < 4.78 is 34.3. The summed E-state index contributed by atoms with van der Waals surface area (Å²) in [6, 6.07) is 11.8. The molecule has 1 N–H and O–H groups in total. The number of carbonyl (C=O) groups excluding carboxylic acids is 1. The summed E-state index contributed by atoms with van der Waals surface area (Å²) in [5.74, 6) is 0.334. The number of carbonyl (C=O) groups is 1. The first-order valence-electron chi connectivity index (χ1n) is 9.70. The highest BCUT2D eigenvalue weighted by Gasteiger charge is 2.17. The van der Waals surface area contributed by atoms with Crippen molar-refractivity contribution >= 4 is 11.6 Å². The molecule has 0 radical (unpaired) electrons. The fourth-order valence-corrected chi connectivity index (χ4v) is 3.59. The van der Waals surface area contributed by atoms with Crippen molar-refractivity contribution < 1.29 is 23.0 Å². The van der Waals surface area contributed by atoms with Gasteiger partial charge in [0, 0.05) is 24.3 Å². The number of methoxy groups -OCH3 is 1. The van der Waals surface area contributed by atoms with E-state index < -0.39 is 6.61 Å². The number of piperidine rings is 1. The van der Waals surface area contributed by atoms with Crippen LogP contribution in [0.2, 0.25) is 0 Å². The van der Waals surface area contributed by atoms with Crippen LogP contribution < -0.4 is 14.8 Å². The third-order valence-electron chi connectivity index (χ3n) is 5.00.